The van der Waals surface area contributed by atoms with Gasteiger partial charge < -0.3 is 15.3 Å². The number of rotatable bonds is 3. The molecule has 0 amide bonds. The van der Waals surface area contributed by atoms with Crippen LogP contribution >= 0.6 is 0 Å². The second kappa shape index (κ2) is 8.65. The van der Waals surface area contributed by atoms with Gasteiger partial charge in [-0.25, -0.2) is 8.78 Å². The molecule has 0 radical (unpaired) electrons. The van der Waals surface area contributed by atoms with E-state index in [2.05, 4.69) is 13.8 Å². The highest BCUT2D eigenvalue weighted by atomic mass is 19.1. The number of alkyl halides is 2. The minimum atomic E-state index is -2.24. The lowest BCUT2D eigenvalue weighted by molar-refractivity contribution is -0.223. The molecule has 3 fully saturated rings. The maximum absolute atomic E-state index is 16.9. The molecular formula is C26H38F2O5. The third kappa shape index (κ3) is 3.33. The van der Waals surface area contributed by atoms with Crippen LogP contribution in [0.3, 0.4) is 0 Å². The van der Waals surface area contributed by atoms with Crippen molar-refractivity contribution >= 4 is 11.6 Å². The standard InChI is InChI=1S/C22H28F2O5.C4H10/c1-11-6-13-14-8-16(23)15-7-12(26)4-5-19(15,2)21(14,24)17(27)9-20(13,3)22(11,29)18(28)10-25;1-3-4-2/h4-5,7,11,13-14,16-17,25,27,29H,6,8-10H2,1-3H3;3-4H2,1-2H3/t11-,13+,14+,16+,17+,19+,20+,21+,22+;/m1./s1. The summed E-state index contributed by atoms with van der Waals surface area (Å²) in [6, 6.07) is 0. The summed E-state index contributed by atoms with van der Waals surface area (Å²) in [4.78, 5) is 24.3. The number of halogens is 2. The lowest BCUT2D eigenvalue weighted by Gasteiger charge is -2.63. The average Bonchev–Trinajstić information content (AvgIpc) is 2.98. The van der Waals surface area contributed by atoms with Crippen LogP contribution in [0.5, 0.6) is 0 Å². The van der Waals surface area contributed by atoms with E-state index in [4.69, 9.17) is 0 Å². The van der Waals surface area contributed by atoms with Crippen LogP contribution < -0.4 is 0 Å². The van der Waals surface area contributed by atoms with E-state index in [0.29, 0.717) is 0 Å². The fourth-order valence-corrected chi connectivity index (χ4v) is 7.25. The summed E-state index contributed by atoms with van der Waals surface area (Å²) in [5.41, 5.74) is -6.81. The lowest BCUT2D eigenvalue weighted by Crippen LogP contribution is -2.70. The van der Waals surface area contributed by atoms with Crippen LogP contribution in [-0.2, 0) is 9.59 Å². The van der Waals surface area contributed by atoms with Crippen molar-refractivity contribution in [2.45, 2.75) is 90.3 Å². The van der Waals surface area contributed by atoms with E-state index < -0.39 is 70.3 Å². The number of allylic oxidation sites excluding steroid dienone is 4. The van der Waals surface area contributed by atoms with Gasteiger partial charge in [-0.1, -0.05) is 46.6 Å². The molecule has 4 rings (SSSR count). The quantitative estimate of drug-likeness (QED) is 0.588. The number of aliphatic hydroxyl groups excluding tert-OH is 2. The van der Waals surface area contributed by atoms with Crippen molar-refractivity contribution < 1.29 is 33.7 Å². The van der Waals surface area contributed by atoms with Crippen LogP contribution in [0.2, 0.25) is 0 Å². The molecule has 5 nitrogen and oxygen atoms in total. The normalized spacial score (nSPS) is 48.1. The number of fused-ring (bicyclic) bond motifs is 5. The van der Waals surface area contributed by atoms with Gasteiger partial charge in [0.25, 0.3) is 0 Å². The van der Waals surface area contributed by atoms with Crippen molar-refractivity contribution in [3.63, 3.8) is 0 Å². The summed E-state index contributed by atoms with van der Waals surface area (Å²) >= 11 is 0. The molecule has 9 atom stereocenters. The Morgan fingerprint density at radius 1 is 1.18 bits per heavy atom. The largest absolute Gasteiger partial charge is 0.390 e. The first kappa shape index (κ1) is 26.2. The molecule has 0 aromatic rings. The third-order valence-electron chi connectivity index (χ3n) is 9.28. The van der Waals surface area contributed by atoms with Gasteiger partial charge >= 0.3 is 0 Å². The number of hydrogen-bond acceptors (Lipinski definition) is 5. The second-order valence-corrected chi connectivity index (χ2v) is 10.8. The number of aliphatic hydroxyl groups is 3. The molecule has 0 bridgehead atoms. The van der Waals surface area contributed by atoms with Crippen LogP contribution in [-0.4, -0.2) is 57.0 Å². The van der Waals surface area contributed by atoms with Gasteiger partial charge in [-0.05, 0) is 55.7 Å². The minimum absolute atomic E-state index is 0.0409. The highest BCUT2D eigenvalue weighted by molar-refractivity contribution is 6.01. The Morgan fingerprint density at radius 3 is 2.33 bits per heavy atom. The van der Waals surface area contributed by atoms with Crippen molar-refractivity contribution in [3.05, 3.63) is 23.8 Å². The van der Waals surface area contributed by atoms with Crippen molar-refractivity contribution in [1.82, 2.24) is 0 Å². The van der Waals surface area contributed by atoms with Gasteiger partial charge in [0.05, 0.1) is 6.10 Å². The Balaban J connectivity index is 0.000000709. The first-order valence-electron chi connectivity index (χ1n) is 12.1. The Hall–Kier alpha value is -1.44. The molecule has 0 saturated heterocycles. The molecule has 0 heterocycles. The van der Waals surface area contributed by atoms with Crippen LogP contribution in [0.25, 0.3) is 0 Å². The molecule has 3 N–H and O–H groups in total. The smallest absolute Gasteiger partial charge is 0.190 e. The topological polar surface area (TPSA) is 94.8 Å². The average molecular weight is 469 g/mol. The van der Waals surface area contributed by atoms with Crippen molar-refractivity contribution in [3.8, 4) is 0 Å². The zero-order valence-electron chi connectivity index (χ0n) is 20.3. The van der Waals surface area contributed by atoms with Gasteiger partial charge in [0.2, 0.25) is 0 Å². The van der Waals surface area contributed by atoms with Gasteiger partial charge in [-0.3, -0.25) is 9.59 Å². The molecule has 186 valence electrons. The molecule has 0 aromatic heterocycles. The summed E-state index contributed by atoms with van der Waals surface area (Å²) in [6.45, 7) is 8.33. The van der Waals surface area contributed by atoms with Gasteiger partial charge in [0, 0.05) is 16.7 Å². The van der Waals surface area contributed by atoms with Gasteiger partial charge in [-0.15, -0.1) is 0 Å². The third-order valence-corrected chi connectivity index (χ3v) is 9.28. The molecule has 3 saturated carbocycles. The van der Waals surface area contributed by atoms with Crippen molar-refractivity contribution in [2.75, 3.05) is 6.61 Å². The van der Waals surface area contributed by atoms with Gasteiger partial charge in [-0.2, -0.15) is 0 Å². The molecule has 0 aliphatic heterocycles. The SMILES string of the molecule is CCCC.C[C@@H]1C[C@H]2[C@@H]3C[C@H](F)C4=CC(=O)C=C[C@]4(C)[C@@]3(F)[C@@H](O)C[C@]2(C)[C@@]1(O)C(=O)CO. The molecule has 33 heavy (non-hydrogen) atoms. The zero-order valence-corrected chi connectivity index (χ0v) is 20.3. The van der Waals surface area contributed by atoms with Crippen molar-refractivity contribution in [1.29, 1.82) is 0 Å². The molecule has 4 aliphatic rings. The van der Waals surface area contributed by atoms with Crippen LogP contribution in [0, 0.1) is 28.6 Å². The van der Waals surface area contributed by atoms with Crippen LogP contribution in [0.4, 0.5) is 8.78 Å². The van der Waals surface area contributed by atoms with E-state index in [1.807, 2.05) is 0 Å². The monoisotopic (exact) mass is 468 g/mol. The number of ketones is 2. The maximum Gasteiger partial charge on any atom is 0.190 e. The summed E-state index contributed by atoms with van der Waals surface area (Å²) < 4.78 is 32.1. The van der Waals surface area contributed by atoms with E-state index in [-0.39, 0.29) is 24.8 Å². The Kier molecular flexibility index (Phi) is 6.86. The molecule has 0 spiro atoms. The number of unbranched alkanes of at least 4 members (excludes halogenated alkanes) is 1. The molecule has 0 unspecified atom stereocenters. The van der Waals surface area contributed by atoms with Gasteiger partial charge in [0.15, 0.2) is 17.2 Å². The predicted octanol–water partition coefficient (Wildman–Crippen LogP) is 3.65. The van der Waals surface area contributed by atoms with Crippen LogP contribution in [0.15, 0.2) is 23.8 Å². The number of hydrogen-bond donors (Lipinski definition) is 3. The fourth-order valence-electron chi connectivity index (χ4n) is 7.25. The van der Waals surface area contributed by atoms with E-state index in [9.17, 15) is 24.9 Å². The predicted molar refractivity (Wildman–Crippen MR) is 121 cm³/mol. The van der Waals surface area contributed by atoms with E-state index in [0.717, 1.165) is 6.08 Å². The first-order chi connectivity index (χ1) is 15.3. The van der Waals surface area contributed by atoms with Crippen molar-refractivity contribution in [2.24, 2.45) is 28.6 Å². The highest BCUT2D eigenvalue weighted by Gasteiger charge is 2.76. The van der Waals surface area contributed by atoms with E-state index in [1.54, 1.807) is 13.8 Å². The Labute approximate surface area is 195 Å². The molecule has 4 aliphatic carbocycles. The van der Waals surface area contributed by atoms with E-state index >= 15 is 8.78 Å². The highest BCUT2D eigenvalue weighted by Crippen LogP contribution is 2.70. The Bertz CT molecular complexity index is 869. The number of Topliss-reactive ketones (excluding diaryl/α,β-unsaturated/α-hetero) is 1. The lowest BCUT2D eigenvalue weighted by atomic mass is 9.44. The molecule has 0 aromatic carbocycles. The summed E-state index contributed by atoms with van der Waals surface area (Å²) in [5, 5.41) is 31.9. The molecule has 7 heteroatoms. The van der Waals surface area contributed by atoms with E-state index in [1.165, 1.54) is 31.9 Å². The second-order valence-electron chi connectivity index (χ2n) is 10.8. The summed E-state index contributed by atoms with van der Waals surface area (Å²) in [5.74, 6) is -3.24. The minimum Gasteiger partial charge on any atom is -0.390 e. The Morgan fingerprint density at radius 2 is 1.79 bits per heavy atom. The summed E-state index contributed by atoms with van der Waals surface area (Å²) in [7, 11) is 0. The maximum atomic E-state index is 16.9. The fraction of sp³-hybridized carbons (Fsp3) is 0.769. The zero-order chi connectivity index (χ0) is 25.0. The van der Waals surface area contributed by atoms with Gasteiger partial charge in [0.1, 0.15) is 18.4 Å². The summed E-state index contributed by atoms with van der Waals surface area (Å²) in [6.07, 6.45) is 3.07. The molecular weight excluding hydrogens is 430 g/mol. The first-order valence-corrected chi connectivity index (χ1v) is 12.1. The van der Waals surface area contributed by atoms with Crippen LogP contribution in [0.1, 0.15) is 66.7 Å². The number of carbonyl (C=O) groups excluding carboxylic acids is 2. The number of carbonyl (C=O) groups is 2.